The highest BCUT2D eigenvalue weighted by Gasteiger charge is 2.22. The Balaban J connectivity index is 2.09. The van der Waals surface area contributed by atoms with Crippen molar-refractivity contribution in [3.8, 4) is 0 Å². The lowest BCUT2D eigenvalue weighted by molar-refractivity contribution is -0.642. The molecule has 0 aliphatic heterocycles. The minimum atomic E-state index is 0.0752. The predicted molar refractivity (Wildman–Crippen MR) is 112 cm³/mol. The van der Waals surface area contributed by atoms with Crippen LogP contribution in [0.3, 0.4) is 0 Å². The summed E-state index contributed by atoms with van der Waals surface area (Å²) in [5.41, 5.74) is 7.06. The van der Waals surface area contributed by atoms with E-state index in [1.54, 1.807) is 0 Å². The van der Waals surface area contributed by atoms with Gasteiger partial charge in [-0.05, 0) is 41.5 Å². The van der Waals surface area contributed by atoms with Gasteiger partial charge < -0.3 is 8.98 Å². The standard InChI is InChI=1S/C24H25N2O/c1-14-20-18(12-16-8-10-25(5)22(14)16)27-19-13-17(24(2,3)4)11-15-7-9-26(6)23(20)21(15)19/h7-13H,1-6H3/q+1. The van der Waals surface area contributed by atoms with Crippen LogP contribution in [-0.2, 0) is 19.5 Å². The molecular weight excluding hydrogens is 332 g/mol. The molecule has 3 nitrogen and oxygen atoms in total. The van der Waals surface area contributed by atoms with Crippen molar-refractivity contribution in [3.05, 3.63) is 53.9 Å². The molecule has 0 saturated heterocycles. The summed E-state index contributed by atoms with van der Waals surface area (Å²) in [4.78, 5) is 0. The Morgan fingerprint density at radius 2 is 1.70 bits per heavy atom. The Bertz CT molecular complexity index is 1380. The number of hydrogen-bond acceptors (Lipinski definition) is 1. The summed E-state index contributed by atoms with van der Waals surface area (Å²) in [5.74, 6) is 0. The first-order valence-electron chi connectivity index (χ1n) is 9.49. The van der Waals surface area contributed by atoms with Crippen LogP contribution in [0, 0.1) is 6.92 Å². The molecule has 0 unspecified atom stereocenters. The lowest BCUT2D eigenvalue weighted by atomic mass is 9.85. The van der Waals surface area contributed by atoms with Crippen molar-refractivity contribution in [2.75, 3.05) is 0 Å². The van der Waals surface area contributed by atoms with Gasteiger partial charge in [0.2, 0.25) is 5.52 Å². The summed E-state index contributed by atoms with van der Waals surface area (Å²) in [7, 11) is 4.23. The topological polar surface area (TPSA) is 21.9 Å². The summed E-state index contributed by atoms with van der Waals surface area (Å²) >= 11 is 0. The van der Waals surface area contributed by atoms with Gasteiger partial charge in [0.05, 0.1) is 16.3 Å². The molecule has 5 rings (SSSR count). The van der Waals surface area contributed by atoms with E-state index in [0.29, 0.717) is 0 Å². The Labute approximate surface area is 158 Å². The van der Waals surface area contributed by atoms with Crippen LogP contribution >= 0.6 is 0 Å². The van der Waals surface area contributed by atoms with Crippen molar-refractivity contribution in [1.29, 1.82) is 0 Å². The van der Waals surface area contributed by atoms with Crippen molar-refractivity contribution in [3.63, 3.8) is 0 Å². The number of nitrogens with zero attached hydrogens (tertiary/aromatic N) is 2. The third-order valence-corrected chi connectivity index (χ3v) is 5.89. The summed E-state index contributed by atoms with van der Waals surface area (Å²) in [6.45, 7) is 8.95. The van der Waals surface area contributed by atoms with Crippen LogP contribution in [0.25, 0.3) is 43.7 Å². The molecule has 0 atom stereocenters. The van der Waals surface area contributed by atoms with E-state index < -0.39 is 0 Å². The molecule has 5 aromatic rings. The maximum atomic E-state index is 6.52. The van der Waals surface area contributed by atoms with E-state index in [2.05, 4.69) is 93.7 Å². The average Bonchev–Trinajstić information content (AvgIpc) is 2.97. The molecule has 0 radical (unpaired) electrons. The normalized spacial score (nSPS) is 12.8. The van der Waals surface area contributed by atoms with Gasteiger partial charge in [-0.15, -0.1) is 0 Å². The predicted octanol–water partition coefficient (Wildman–Crippen LogP) is 5.66. The van der Waals surface area contributed by atoms with Crippen LogP contribution in [0.1, 0.15) is 31.9 Å². The molecule has 0 spiro atoms. The van der Waals surface area contributed by atoms with E-state index in [-0.39, 0.29) is 5.41 Å². The molecule has 2 aromatic carbocycles. The van der Waals surface area contributed by atoms with Crippen molar-refractivity contribution in [2.45, 2.75) is 33.1 Å². The van der Waals surface area contributed by atoms with Crippen LogP contribution in [0.4, 0.5) is 0 Å². The first-order chi connectivity index (χ1) is 12.8. The fourth-order valence-electron chi connectivity index (χ4n) is 4.44. The van der Waals surface area contributed by atoms with Gasteiger partial charge in [0.15, 0.2) is 6.20 Å². The molecule has 0 aliphatic rings. The van der Waals surface area contributed by atoms with Gasteiger partial charge in [0.25, 0.3) is 0 Å². The van der Waals surface area contributed by atoms with E-state index in [9.17, 15) is 0 Å². The number of pyridine rings is 1. The second kappa shape index (κ2) is 5.13. The number of aryl methyl sites for hydroxylation is 3. The molecule has 0 bridgehead atoms. The maximum Gasteiger partial charge on any atom is 0.216 e. The third-order valence-electron chi connectivity index (χ3n) is 5.89. The molecule has 27 heavy (non-hydrogen) atoms. The minimum Gasteiger partial charge on any atom is -0.456 e. The van der Waals surface area contributed by atoms with Gasteiger partial charge >= 0.3 is 0 Å². The SMILES string of the molecule is Cc1c2c(cc3cc[n+](C)c13)oc1cc(C(C)(C)C)cc3ccn(C)c2c31. The van der Waals surface area contributed by atoms with Crippen LogP contribution < -0.4 is 4.57 Å². The Morgan fingerprint density at radius 3 is 2.44 bits per heavy atom. The fraction of sp³-hybridized carbons (Fsp3) is 0.292. The van der Waals surface area contributed by atoms with Crippen LogP contribution in [0.5, 0.6) is 0 Å². The van der Waals surface area contributed by atoms with Crippen molar-refractivity contribution >= 4 is 43.7 Å². The molecule has 0 amide bonds. The van der Waals surface area contributed by atoms with E-state index in [1.165, 1.54) is 43.7 Å². The highest BCUT2D eigenvalue weighted by atomic mass is 16.3. The lowest BCUT2D eigenvalue weighted by Crippen LogP contribution is -2.25. The number of aromatic nitrogens is 2. The zero-order valence-corrected chi connectivity index (χ0v) is 16.8. The van der Waals surface area contributed by atoms with Gasteiger partial charge in [-0.3, -0.25) is 0 Å². The molecule has 3 heterocycles. The smallest absolute Gasteiger partial charge is 0.216 e. The number of benzene rings is 2. The van der Waals surface area contributed by atoms with Gasteiger partial charge in [0, 0.05) is 30.3 Å². The Morgan fingerprint density at radius 1 is 0.963 bits per heavy atom. The largest absolute Gasteiger partial charge is 0.456 e. The monoisotopic (exact) mass is 357 g/mol. The van der Waals surface area contributed by atoms with Crippen molar-refractivity contribution in [2.24, 2.45) is 14.1 Å². The zero-order chi connectivity index (χ0) is 19.1. The van der Waals surface area contributed by atoms with Crippen LogP contribution in [-0.4, -0.2) is 4.57 Å². The van der Waals surface area contributed by atoms with E-state index >= 15 is 0 Å². The molecule has 3 aromatic heterocycles. The lowest BCUT2D eigenvalue weighted by Gasteiger charge is -2.21. The highest BCUT2D eigenvalue weighted by molar-refractivity contribution is 6.19. The molecule has 0 saturated carbocycles. The minimum absolute atomic E-state index is 0.0752. The first-order valence-corrected chi connectivity index (χ1v) is 9.49. The molecule has 3 heteroatoms. The summed E-state index contributed by atoms with van der Waals surface area (Å²) in [5, 5.41) is 4.87. The number of hydrogen-bond donors (Lipinski definition) is 0. The maximum absolute atomic E-state index is 6.52. The van der Waals surface area contributed by atoms with Crippen molar-refractivity contribution in [1.82, 2.24) is 4.57 Å². The Kier molecular flexibility index (Phi) is 3.11. The highest BCUT2D eigenvalue weighted by Crippen LogP contribution is 2.39. The van der Waals surface area contributed by atoms with E-state index in [0.717, 1.165) is 11.2 Å². The van der Waals surface area contributed by atoms with Gasteiger partial charge in [-0.2, -0.15) is 0 Å². The number of fused-ring (bicyclic) bond motifs is 3. The molecule has 0 aliphatic carbocycles. The summed E-state index contributed by atoms with van der Waals surface area (Å²) in [6, 6.07) is 11.1. The second-order valence-corrected chi connectivity index (χ2v) is 8.81. The van der Waals surface area contributed by atoms with Gasteiger partial charge in [0.1, 0.15) is 18.2 Å². The van der Waals surface area contributed by atoms with Gasteiger partial charge in [-0.25, -0.2) is 4.57 Å². The van der Waals surface area contributed by atoms with E-state index in [1.807, 2.05) is 0 Å². The van der Waals surface area contributed by atoms with Gasteiger partial charge in [-0.1, -0.05) is 26.8 Å². The van der Waals surface area contributed by atoms with E-state index in [4.69, 9.17) is 4.42 Å². The fourth-order valence-corrected chi connectivity index (χ4v) is 4.44. The van der Waals surface area contributed by atoms with Crippen molar-refractivity contribution < 1.29 is 8.98 Å². The quantitative estimate of drug-likeness (QED) is 0.199. The number of rotatable bonds is 0. The third kappa shape index (κ3) is 2.18. The molecule has 0 N–H and O–H groups in total. The first kappa shape index (κ1) is 16.4. The summed E-state index contributed by atoms with van der Waals surface area (Å²) < 4.78 is 10.9. The zero-order valence-electron chi connectivity index (χ0n) is 16.8. The van der Waals surface area contributed by atoms with Crippen LogP contribution in [0.2, 0.25) is 0 Å². The second-order valence-electron chi connectivity index (χ2n) is 8.81. The molecule has 136 valence electrons. The molecular formula is C24H25N2O+. The van der Waals surface area contributed by atoms with Crippen LogP contribution in [0.15, 0.2) is 47.1 Å². The average molecular weight is 357 g/mol. The summed E-state index contributed by atoms with van der Waals surface area (Å²) in [6.07, 6.45) is 4.28. The Hall–Kier alpha value is -2.81. The molecule has 0 fully saturated rings.